The molecule has 0 N–H and O–H groups in total. The summed E-state index contributed by atoms with van der Waals surface area (Å²) in [6, 6.07) is 22.0. The van der Waals surface area contributed by atoms with Crippen LogP contribution < -0.4 is 5.72 Å². The van der Waals surface area contributed by atoms with Crippen molar-refractivity contribution in [2.45, 2.75) is 24.7 Å². The van der Waals surface area contributed by atoms with Gasteiger partial charge in [-0.1, -0.05) is 60.7 Å². The zero-order valence-corrected chi connectivity index (χ0v) is 12.5. The molecule has 3 aromatic rings. The molecule has 1 aliphatic rings. The first-order valence-corrected chi connectivity index (χ1v) is 7.89. The third kappa shape index (κ3) is 2.71. The van der Waals surface area contributed by atoms with Gasteiger partial charge in [-0.25, -0.2) is 0 Å². The molecule has 4 rings (SSSR count). The minimum atomic E-state index is 0.238. The molecular weight excluding hydrogens is 267 g/mol. The second-order valence-corrected chi connectivity index (χ2v) is 5.89. The van der Waals surface area contributed by atoms with Crippen molar-refractivity contribution in [3.8, 4) is 0 Å². The molecule has 0 unspecified atom stereocenters. The van der Waals surface area contributed by atoms with Crippen LogP contribution in [-0.2, 0) is 0 Å². The van der Waals surface area contributed by atoms with Gasteiger partial charge in [-0.2, -0.15) is 0 Å². The fourth-order valence-electron chi connectivity index (χ4n) is 2.97. The second kappa shape index (κ2) is 5.84. The number of benzene rings is 2. The lowest BCUT2D eigenvalue weighted by molar-refractivity contribution is 0.762. The molecular formula is C19H18BN2. The standard InChI is InChI=1S/C19H18BN2/c1-3-7-15(8-4-1)18(16-9-5-2-6-10-16)20-19-21-13-14-22(19)17-11-12-17/h1-10,13-14,17-18H,11-12H2. The topological polar surface area (TPSA) is 17.8 Å². The fourth-order valence-corrected chi connectivity index (χ4v) is 2.97. The largest absolute Gasteiger partial charge is 0.340 e. The molecule has 1 radical (unpaired) electrons. The third-order valence-corrected chi connectivity index (χ3v) is 4.27. The normalized spacial score (nSPS) is 14.2. The summed E-state index contributed by atoms with van der Waals surface area (Å²) < 4.78 is 2.32. The smallest absolute Gasteiger partial charge is 0.215 e. The minimum Gasteiger partial charge on any atom is -0.340 e. The summed E-state index contributed by atoms with van der Waals surface area (Å²) >= 11 is 0. The van der Waals surface area contributed by atoms with Crippen LogP contribution in [0.1, 0.15) is 35.8 Å². The summed E-state index contributed by atoms with van der Waals surface area (Å²) in [5.74, 6) is 0.238. The van der Waals surface area contributed by atoms with Gasteiger partial charge in [-0.15, -0.1) is 0 Å². The molecule has 0 amide bonds. The lowest BCUT2D eigenvalue weighted by atomic mass is 9.58. The monoisotopic (exact) mass is 285 g/mol. The van der Waals surface area contributed by atoms with Crippen LogP contribution in [0.2, 0.25) is 0 Å². The Morgan fingerprint density at radius 1 is 0.909 bits per heavy atom. The van der Waals surface area contributed by atoms with Crippen molar-refractivity contribution in [1.82, 2.24) is 9.55 Å². The van der Waals surface area contributed by atoms with Gasteiger partial charge in [-0.05, 0) is 29.8 Å². The minimum absolute atomic E-state index is 0.238. The molecule has 1 aliphatic carbocycles. The molecule has 0 saturated heterocycles. The highest BCUT2D eigenvalue weighted by molar-refractivity contribution is 6.54. The molecule has 1 saturated carbocycles. The van der Waals surface area contributed by atoms with E-state index in [-0.39, 0.29) is 5.82 Å². The number of nitrogens with zero attached hydrogens (tertiary/aromatic N) is 2. The number of hydrogen-bond acceptors (Lipinski definition) is 1. The van der Waals surface area contributed by atoms with Crippen LogP contribution in [0, 0.1) is 0 Å². The van der Waals surface area contributed by atoms with Crippen LogP contribution in [-0.4, -0.2) is 16.8 Å². The number of imidazole rings is 1. The first-order chi connectivity index (χ1) is 10.9. The van der Waals surface area contributed by atoms with Gasteiger partial charge >= 0.3 is 0 Å². The molecule has 3 heteroatoms. The summed E-state index contributed by atoms with van der Waals surface area (Å²) in [5, 5.41) is 0. The van der Waals surface area contributed by atoms with Crippen molar-refractivity contribution in [2.75, 3.05) is 0 Å². The van der Waals surface area contributed by atoms with Crippen molar-refractivity contribution in [1.29, 1.82) is 0 Å². The maximum atomic E-state index is 4.58. The Kier molecular flexibility index (Phi) is 3.55. The molecule has 0 spiro atoms. The van der Waals surface area contributed by atoms with Crippen molar-refractivity contribution in [2.24, 2.45) is 0 Å². The van der Waals surface area contributed by atoms with Gasteiger partial charge in [-0.3, -0.25) is 4.98 Å². The van der Waals surface area contributed by atoms with Crippen molar-refractivity contribution >= 4 is 13.0 Å². The Morgan fingerprint density at radius 3 is 2.05 bits per heavy atom. The van der Waals surface area contributed by atoms with Crippen LogP contribution in [0.3, 0.4) is 0 Å². The number of aromatic nitrogens is 2. The molecule has 107 valence electrons. The first kappa shape index (κ1) is 13.4. The Bertz CT molecular complexity index is 693. The van der Waals surface area contributed by atoms with Crippen molar-refractivity contribution in [3.05, 3.63) is 84.2 Å². The molecule has 1 heterocycles. The van der Waals surface area contributed by atoms with Gasteiger partial charge in [0.05, 0.1) is 5.72 Å². The van der Waals surface area contributed by atoms with Gasteiger partial charge < -0.3 is 4.57 Å². The molecule has 22 heavy (non-hydrogen) atoms. The van der Waals surface area contributed by atoms with E-state index in [1.165, 1.54) is 24.0 Å². The predicted octanol–water partition coefficient (Wildman–Crippen LogP) is 3.34. The first-order valence-electron chi connectivity index (χ1n) is 7.89. The molecule has 1 fully saturated rings. The SMILES string of the molecule is [B](c1nccn1C1CC1)C(c1ccccc1)c1ccccc1. The summed E-state index contributed by atoms with van der Waals surface area (Å²) in [6.45, 7) is 0. The molecule has 2 nitrogen and oxygen atoms in total. The molecule has 1 aromatic heterocycles. The maximum absolute atomic E-state index is 4.58. The van der Waals surface area contributed by atoms with E-state index < -0.39 is 0 Å². The average Bonchev–Trinajstić information content (AvgIpc) is 3.33. The zero-order valence-electron chi connectivity index (χ0n) is 12.5. The van der Waals surface area contributed by atoms with Gasteiger partial charge in [0.2, 0.25) is 7.28 Å². The Morgan fingerprint density at radius 2 is 1.50 bits per heavy atom. The maximum Gasteiger partial charge on any atom is 0.215 e. The van der Waals surface area contributed by atoms with E-state index in [2.05, 4.69) is 83.7 Å². The molecule has 0 aliphatic heterocycles. The average molecular weight is 285 g/mol. The lowest BCUT2D eigenvalue weighted by Crippen LogP contribution is -2.31. The van der Waals surface area contributed by atoms with Crippen LogP contribution in [0.4, 0.5) is 0 Å². The highest BCUT2D eigenvalue weighted by Crippen LogP contribution is 2.34. The Labute approximate surface area is 132 Å². The van der Waals surface area contributed by atoms with E-state index in [0.717, 1.165) is 5.72 Å². The van der Waals surface area contributed by atoms with Crippen LogP contribution in [0.25, 0.3) is 0 Å². The third-order valence-electron chi connectivity index (χ3n) is 4.27. The van der Waals surface area contributed by atoms with Gasteiger partial charge in [0, 0.05) is 18.4 Å². The Hall–Kier alpha value is -2.29. The number of rotatable bonds is 5. The van der Waals surface area contributed by atoms with E-state index in [4.69, 9.17) is 0 Å². The lowest BCUT2D eigenvalue weighted by Gasteiger charge is -2.17. The van der Waals surface area contributed by atoms with E-state index in [1.54, 1.807) is 0 Å². The Balaban J connectivity index is 1.70. The quantitative estimate of drug-likeness (QED) is 0.657. The predicted molar refractivity (Wildman–Crippen MR) is 90.6 cm³/mol. The fraction of sp³-hybridized carbons (Fsp3) is 0.211. The van der Waals surface area contributed by atoms with Crippen LogP contribution in [0.5, 0.6) is 0 Å². The number of hydrogen-bond donors (Lipinski definition) is 0. The van der Waals surface area contributed by atoms with Crippen LogP contribution in [0.15, 0.2) is 73.1 Å². The highest BCUT2D eigenvalue weighted by Gasteiger charge is 2.27. The molecule has 2 aromatic carbocycles. The second-order valence-electron chi connectivity index (χ2n) is 5.89. The van der Waals surface area contributed by atoms with E-state index in [1.807, 2.05) is 6.20 Å². The molecule has 0 atom stereocenters. The summed E-state index contributed by atoms with van der Waals surface area (Å²) in [7, 11) is 2.29. The molecule has 0 bridgehead atoms. The summed E-state index contributed by atoms with van der Waals surface area (Å²) in [4.78, 5) is 4.58. The highest BCUT2D eigenvalue weighted by atomic mass is 15.1. The van der Waals surface area contributed by atoms with Gasteiger partial charge in [0.15, 0.2) is 0 Å². The van der Waals surface area contributed by atoms with Crippen molar-refractivity contribution in [3.63, 3.8) is 0 Å². The van der Waals surface area contributed by atoms with Gasteiger partial charge in [0.1, 0.15) is 0 Å². The zero-order chi connectivity index (χ0) is 14.8. The van der Waals surface area contributed by atoms with E-state index in [0.29, 0.717) is 6.04 Å². The summed E-state index contributed by atoms with van der Waals surface area (Å²) in [5.41, 5.74) is 3.69. The van der Waals surface area contributed by atoms with E-state index >= 15 is 0 Å². The van der Waals surface area contributed by atoms with Gasteiger partial charge in [0.25, 0.3) is 0 Å². The van der Waals surface area contributed by atoms with E-state index in [9.17, 15) is 0 Å². The van der Waals surface area contributed by atoms with Crippen molar-refractivity contribution < 1.29 is 0 Å². The van der Waals surface area contributed by atoms with Crippen LogP contribution >= 0.6 is 0 Å². The summed E-state index contributed by atoms with van der Waals surface area (Å²) in [6.07, 6.45) is 6.57.